The van der Waals surface area contributed by atoms with E-state index in [1.165, 1.54) is 18.7 Å². The number of carbonyl (C=O) groups is 4. The maximum Gasteiger partial charge on any atom is 0.338 e. The summed E-state index contributed by atoms with van der Waals surface area (Å²) in [4.78, 5) is 52.8. The zero-order valence-corrected chi connectivity index (χ0v) is 26.0. The fourth-order valence-corrected chi connectivity index (χ4v) is 5.85. The molecule has 0 radical (unpaired) electrons. The Morgan fingerprint density at radius 3 is 1.65 bits per heavy atom. The molecule has 0 N–H and O–H groups in total. The van der Waals surface area contributed by atoms with Gasteiger partial charge in [-0.15, -0.1) is 0 Å². The fourth-order valence-electron chi connectivity index (χ4n) is 4.76. The lowest BCUT2D eigenvalue weighted by atomic mass is 10.1. The molecule has 5 atom stereocenters. The van der Waals surface area contributed by atoms with Crippen LogP contribution in [0.3, 0.4) is 0 Å². The van der Waals surface area contributed by atoms with Crippen molar-refractivity contribution in [2.24, 2.45) is 0 Å². The maximum atomic E-state index is 13.5. The van der Waals surface area contributed by atoms with Gasteiger partial charge in [-0.25, -0.2) is 14.4 Å². The lowest BCUT2D eigenvalue weighted by Gasteiger charge is -2.28. The van der Waals surface area contributed by atoms with Crippen molar-refractivity contribution < 1.29 is 42.9 Å². The molecule has 0 spiro atoms. The SMILES string of the molecule is CC(=O)OC[C@H](OC(=O)c1ccccc1)[C@H]1O[C@H](Sc2ccc(C)cc2)[C@@H](OC(=O)c2ccccc2)[C@@H]1OC(=O)c1ccccc1. The summed E-state index contributed by atoms with van der Waals surface area (Å²) in [6.45, 7) is 2.78. The second kappa shape index (κ2) is 15.4. The molecule has 0 saturated carbocycles. The summed E-state index contributed by atoms with van der Waals surface area (Å²) in [7, 11) is 0. The van der Waals surface area contributed by atoms with Crippen LogP contribution in [0.5, 0.6) is 0 Å². The molecule has 46 heavy (non-hydrogen) atoms. The van der Waals surface area contributed by atoms with Gasteiger partial charge in [0.25, 0.3) is 0 Å². The average Bonchev–Trinajstić information content (AvgIpc) is 3.40. The van der Waals surface area contributed by atoms with Crippen LogP contribution in [0.25, 0.3) is 0 Å². The normalized spacial score (nSPS) is 19.4. The van der Waals surface area contributed by atoms with Crippen molar-refractivity contribution in [2.45, 2.75) is 48.6 Å². The number of carbonyl (C=O) groups excluding carboxylic acids is 4. The van der Waals surface area contributed by atoms with E-state index in [1.807, 2.05) is 31.2 Å². The Morgan fingerprint density at radius 2 is 1.15 bits per heavy atom. The highest BCUT2D eigenvalue weighted by atomic mass is 32.2. The predicted molar refractivity (Wildman–Crippen MR) is 169 cm³/mol. The van der Waals surface area contributed by atoms with Crippen molar-refractivity contribution in [3.8, 4) is 0 Å². The lowest BCUT2D eigenvalue weighted by molar-refractivity contribution is -0.149. The van der Waals surface area contributed by atoms with Crippen molar-refractivity contribution in [1.29, 1.82) is 0 Å². The molecule has 4 aromatic rings. The molecule has 1 heterocycles. The van der Waals surface area contributed by atoms with Crippen molar-refractivity contribution in [3.05, 3.63) is 138 Å². The molecule has 1 aliphatic rings. The van der Waals surface area contributed by atoms with Crippen molar-refractivity contribution >= 4 is 35.6 Å². The van der Waals surface area contributed by atoms with E-state index < -0.39 is 60.3 Å². The molecular formula is C36H32O9S. The van der Waals surface area contributed by atoms with Crippen molar-refractivity contribution in [1.82, 2.24) is 0 Å². The van der Waals surface area contributed by atoms with Crippen LogP contribution in [-0.4, -0.2) is 60.3 Å². The Hall–Kier alpha value is -4.93. The lowest BCUT2D eigenvalue weighted by Crippen LogP contribution is -2.47. The van der Waals surface area contributed by atoms with Gasteiger partial charge in [0.05, 0.1) is 16.7 Å². The Kier molecular flexibility index (Phi) is 10.9. The molecule has 236 valence electrons. The first-order valence-electron chi connectivity index (χ1n) is 14.6. The van der Waals surface area contributed by atoms with Crippen LogP contribution < -0.4 is 0 Å². The highest BCUT2D eigenvalue weighted by Gasteiger charge is 2.54. The summed E-state index contributed by atoms with van der Waals surface area (Å²) in [6.07, 6.45) is -4.87. The number of rotatable bonds is 11. The van der Waals surface area contributed by atoms with E-state index in [-0.39, 0.29) is 16.7 Å². The van der Waals surface area contributed by atoms with E-state index in [2.05, 4.69) is 0 Å². The summed E-state index contributed by atoms with van der Waals surface area (Å²) in [5.74, 6) is -2.69. The van der Waals surface area contributed by atoms with Gasteiger partial charge in [-0.05, 0) is 55.5 Å². The molecule has 0 aliphatic carbocycles. The first-order valence-corrected chi connectivity index (χ1v) is 15.5. The summed E-state index contributed by atoms with van der Waals surface area (Å²) in [5.41, 5.74) is 0.922. The minimum Gasteiger partial charge on any atom is -0.462 e. The van der Waals surface area contributed by atoms with Gasteiger partial charge in [0.2, 0.25) is 0 Å². The minimum atomic E-state index is -1.27. The van der Waals surface area contributed by atoms with E-state index in [0.29, 0.717) is 0 Å². The first-order chi connectivity index (χ1) is 22.3. The van der Waals surface area contributed by atoms with E-state index in [1.54, 1.807) is 91.0 Å². The zero-order valence-electron chi connectivity index (χ0n) is 25.1. The number of hydrogen-bond acceptors (Lipinski definition) is 10. The van der Waals surface area contributed by atoms with E-state index in [4.69, 9.17) is 23.7 Å². The third kappa shape index (κ3) is 8.41. The Labute approximate surface area is 270 Å². The third-order valence-electron chi connectivity index (χ3n) is 7.07. The highest BCUT2D eigenvalue weighted by molar-refractivity contribution is 7.99. The topological polar surface area (TPSA) is 114 Å². The van der Waals surface area contributed by atoms with Crippen LogP contribution in [0.4, 0.5) is 0 Å². The van der Waals surface area contributed by atoms with Gasteiger partial charge < -0.3 is 23.7 Å². The Morgan fingerprint density at radius 1 is 0.674 bits per heavy atom. The molecule has 1 saturated heterocycles. The quantitative estimate of drug-likeness (QED) is 0.142. The molecular weight excluding hydrogens is 608 g/mol. The number of esters is 4. The van der Waals surface area contributed by atoms with E-state index >= 15 is 0 Å². The van der Waals surface area contributed by atoms with E-state index in [0.717, 1.165) is 10.5 Å². The van der Waals surface area contributed by atoms with Crippen molar-refractivity contribution in [2.75, 3.05) is 6.61 Å². The fraction of sp³-hybridized carbons (Fsp3) is 0.222. The summed E-state index contributed by atoms with van der Waals surface area (Å²) in [6, 6.07) is 32.6. The van der Waals surface area contributed by atoms with Crippen LogP contribution >= 0.6 is 11.8 Å². The number of thioether (sulfide) groups is 1. The number of hydrogen-bond donors (Lipinski definition) is 0. The smallest absolute Gasteiger partial charge is 0.338 e. The molecule has 0 unspecified atom stereocenters. The molecule has 4 aromatic carbocycles. The summed E-state index contributed by atoms with van der Waals surface area (Å²) < 4.78 is 29.7. The van der Waals surface area contributed by atoms with Crippen LogP contribution in [-0.2, 0) is 28.5 Å². The maximum absolute atomic E-state index is 13.5. The largest absolute Gasteiger partial charge is 0.462 e. The molecule has 9 nitrogen and oxygen atoms in total. The molecule has 0 amide bonds. The van der Waals surface area contributed by atoms with Gasteiger partial charge in [-0.2, -0.15) is 0 Å². The first kappa shape index (κ1) is 32.5. The monoisotopic (exact) mass is 640 g/mol. The van der Waals surface area contributed by atoms with E-state index in [9.17, 15) is 19.2 Å². The van der Waals surface area contributed by atoms with Crippen LogP contribution in [0.15, 0.2) is 120 Å². The zero-order chi connectivity index (χ0) is 32.5. The standard InChI is InChI=1S/C36H32O9S/c1-23-18-20-28(21-19-23)46-36-32(44-35(40)27-16-10-5-11-17-27)31(43-34(39)26-14-8-4-9-15-26)30(45-36)29(22-41-24(2)37)42-33(38)25-12-6-3-7-13-25/h3-21,29-32,36H,22H2,1-2H3/t29-,30+,31+,32-,36+/m0/s1. The minimum absolute atomic E-state index is 0.252. The second-order valence-electron chi connectivity index (χ2n) is 10.5. The Balaban J connectivity index is 1.53. The van der Waals surface area contributed by atoms with Crippen LogP contribution in [0.1, 0.15) is 43.6 Å². The molecule has 0 aromatic heterocycles. The number of ether oxygens (including phenoxy) is 5. The molecule has 1 fully saturated rings. The van der Waals surface area contributed by atoms with Gasteiger partial charge in [0.15, 0.2) is 18.3 Å². The molecule has 5 rings (SSSR count). The molecule has 0 bridgehead atoms. The Bertz CT molecular complexity index is 1630. The van der Waals surface area contributed by atoms with Gasteiger partial charge in [-0.1, -0.05) is 84.1 Å². The van der Waals surface area contributed by atoms with Gasteiger partial charge in [-0.3, -0.25) is 4.79 Å². The molecule has 1 aliphatic heterocycles. The predicted octanol–water partition coefficient (Wildman–Crippen LogP) is 6.05. The summed E-state index contributed by atoms with van der Waals surface area (Å²) in [5, 5.41) is 0. The van der Waals surface area contributed by atoms with Gasteiger partial charge in [0, 0.05) is 11.8 Å². The van der Waals surface area contributed by atoms with Crippen molar-refractivity contribution in [3.63, 3.8) is 0 Å². The number of benzene rings is 4. The van der Waals surface area contributed by atoms with Gasteiger partial charge >= 0.3 is 23.9 Å². The average molecular weight is 641 g/mol. The highest BCUT2D eigenvalue weighted by Crippen LogP contribution is 2.40. The summed E-state index contributed by atoms with van der Waals surface area (Å²) >= 11 is 1.25. The van der Waals surface area contributed by atoms with Gasteiger partial charge in [0.1, 0.15) is 18.1 Å². The van der Waals surface area contributed by atoms with Crippen LogP contribution in [0.2, 0.25) is 0 Å². The third-order valence-corrected chi connectivity index (χ3v) is 8.23. The second-order valence-corrected chi connectivity index (χ2v) is 11.7. The molecule has 10 heteroatoms. The van der Waals surface area contributed by atoms with Crippen LogP contribution in [0, 0.1) is 6.92 Å². The number of aryl methyl sites for hydroxylation is 1.